The molecule has 0 saturated carbocycles. The van der Waals surface area contributed by atoms with Crippen LogP contribution in [-0.4, -0.2) is 21.6 Å². The van der Waals surface area contributed by atoms with E-state index in [4.69, 9.17) is 0 Å². The maximum Gasteiger partial charge on any atom is 0.234 e. The lowest BCUT2D eigenvalue weighted by atomic mass is 10.0. The predicted octanol–water partition coefficient (Wildman–Crippen LogP) is 3.26. The Kier molecular flexibility index (Phi) is 4.63. The summed E-state index contributed by atoms with van der Waals surface area (Å²) in [5, 5.41) is 3.62. The van der Waals surface area contributed by atoms with Gasteiger partial charge in [-0.3, -0.25) is 4.79 Å². The molecule has 2 aromatic rings. The molecule has 0 aliphatic carbocycles. The van der Waals surface area contributed by atoms with Gasteiger partial charge < -0.3 is 10.3 Å². The molecule has 1 aromatic carbocycles. The highest BCUT2D eigenvalue weighted by molar-refractivity contribution is 7.99. The molecule has 4 nitrogen and oxygen atoms in total. The molecule has 0 unspecified atom stereocenters. The van der Waals surface area contributed by atoms with E-state index in [0.717, 1.165) is 10.8 Å². The second-order valence-electron chi connectivity index (χ2n) is 4.51. The van der Waals surface area contributed by atoms with Crippen LogP contribution in [0.5, 0.6) is 0 Å². The first-order valence-electron chi connectivity index (χ1n) is 6.17. The van der Waals surface area contributed by atoms with Crippen molar-refractivity contribution in [2.75, 3.05) is 11.1 Å². The molecule has 0 bridgehead atoms. The number of hydrogen-bond acceptors (Lipinski definition) is 3. The normalized spacial score (nSPS) is 10.7. The number of carbonyl (C=O) groups is 1. The molecule has 1 heterocycles. The molecule has 5 heteroatoms. The number of hydrogen-bond donors (Lipinski definition) is 2. The fourth-order valence-corrected chi connectivity index (χ4v) is 2.24. The maximum atomic E-state index is 11.8. The summed E-state index contributed by atoms with van der Waals surface area (Å²) in [7, 11) is 0. The Morgan fingerprint density at radius 2 is 2.11 bits per heavy atom. The van der Waals surface area contributed by atoms with Gasteiger partial charge in [-0.1, -0.05) is 37.7 Å². The first-order valence-corrected chi connectivity index (χ1v) is 7.15. The van der Waals surface area contributed by atoms with Crippen molar-refractivity contribution in [2.24, 2.45) is 0 Å². The molecule has 0 atom stereocenters. The first-order chi connectivity index (χ1) is 9.15. The summed E-state index contributed by atoms with van der Waals surface area (Å²) in [6.07, 6.45) is 3.41. The number of anilines is 1. The lowest BCUT2D eigenvalue weighted by molar-refractivity contribution is -0.113. The highest BCUT2D eigenvalue weighted by Crippen LogP contribution is 2.18. The number of benzene rings is 1. The molecule has 0 spiro atoms. The van der Waals surface area contributed by atoms with E-state index in [-0.39, 0.29) is 5.91 Å². The van der Waals surface area contributed by atoms with Gasteiger partial charge >= 0.3 is 0 Å². The minimum atomic E-state index is -0.0290. The SMILES string of the molecule is CC(C)c1ccc(NC(=O)CSc2ncc[nH]2)cc1. The van der Waals surface area contributed by atoms with Crippen LogP contribution in [-0.2, 0) is 4.79 Å². The maximum absolute atomic E-state index is 11.8. The molecule has 19 heavy (non-hydrogen) atoms. The van der Waals surface area contributed by atoms with Crippen LogP contribution in [0.4, 0.5) is 5.69 Å². The van der Waals surface area contributed by atoms with Crippen LogP contribution < -0.4 is 5.32 Å². The molecule has 1 aromatic heterocycles. The zero-order chi connectivity index (χ0) is 13.7. The second kappa shape index (κ2) is 6.43. The fourth-order valence-electron chi connectivity index (χ4n) is 1.61. The molecule has 100 valence electrons. The summed E-state index contributed by atoms with van der Waals surface area (Å²) in [6.45, 7) is 4.29. The Morgan fingerprint density at radius 1 is 1.37 bits per heavy atom. The Balaban J connectivity index is 1.84. The van der Waals surface area contributed by atoms with E-state index in [1.807, 2.05) is 24.3 Å². The minimum absolute atomic E-state index is 0.0290. The first kappa shape index (κ1) is 13.7. The standard InChI is InChI=1S/C14H17N3OS/c1-10(2)11-3-5-12(6-4-11)17-13(18)9-19-14-15-7-8-16-14/h3-8,10H,9H2,1-2H3,(H,15,16)(H,17,18). The monoisotopic (exact) mass is 275 g/mol. The van der Waals surface area contributed by atoms with Crippen molar-refractivity contribution in [3.63, 3.8) is 0 Å². The number of nitrogens with zero attached hydrogens (tertiary/aromatic N) is 1. The fraction of sp³-hybridized carbons (Fsp3) is 0.286. The summed E-state index contributed by atoms with van der Waals surface area (Å²) in [5.41, 5.74) is 2.09. The molecule has 1 amide bonds. The number of imidazole rings is 1. The lowest BCUT2D eigenvalue weighted by Gasteiger charge is -2.08. The number of H-pyrrole nitrogens is 1. The van der Waals surface area contributed by atoms with Crippen LogP contribution >= 0.6 is 11.8 Å². The van der Waals surface area contributed by atoms with Crippen LogP contribution in [0.25, 0.3) is 0 Å². The molecule has 2 rings (SSSR count). The van der Waals surface area contributed by atoms with Crippen LogP contribution in [0, 0.1) is 0 Å². The average molecular weight is 275 g/mol. The van der Waals surface area contributed by atoms with E-state index >= 15 is 0 Å². The Hall–Kier alpha value is -1.75. The van der Waals surface area contributed by atoms with Gasteiger partial charge in [-0.15, -0.1) is 0 Å². The number of aromatic amines is 1. The van der Waals surface area contributed by atoms with Gasteiger partial charge in [0.1, 0.15) is 0 Å². The van der Waals surface area contributed by atoms with Crippen LogP contribution in [0.1, 0.15) is 25.3 Å². The van der Waals surface area contributed by atoms with Crippen molar-refractivity contribution in [3.05, 3.63) is 42.2 Å². The molecular formula is C14H17N3OS. The van der Waals surface area contributed by atoms with E-state index in [1.165, 1.54) is 17.3 Å². The van der Waals surface area contributed by atoms with E-state index < -0.39 is 0 Å². The molecule has 0 radical (unpaired) electrons. The van der Waals surface area contributed by atoms with E-state index in [0.29, 0.717) is 11.7 Å². The van der Waals surface area contributed by atoms with Crippen molar-refractivity contribution in [2.45, 2.75) is 24.9 Å². The quantitative estimate of drug-likeness (QED) is 0.823. The number of carbonyl (C=O) groups excluding carboxylic acids is 1. The molecule has 0 aliphatic heterocycles. The summed E-state index contributed by atoms with van der Waals surface area (Å²) in [5.74, 6) is 0.817. The van der Waals surface area contributed by atoms with Crippen molar-refractivity contribution < 1.29 is 4.79 Å². The highest BCUT2D eigenvalue weighted by Gasteiger charge is 2.05. The van der Waals surface area contributed by atoms with E-state index in [1.54, 1.807) is 12.4 Å². The Bertz CT molecular complexity index is 520. The van der Waals surface area contributed by atoms with Gasteiger partial charge in [-0.05, 0) is 23.6 Å². The summed E-state index contributed by atoms with van der Waals surface area (Å²) < 4.78 is 0. The van der Waals surface area contributed by atoms with Crippen molar-refractivity contribution in [3.8, 4) is 0 Å². The van der Waals surface area contributed by atoms with Crippen LogP contribution in [0.3, 0.4) is 0 Å². The largest absolute Gasteiger partial charge is 0.340 e. The van der Waals surface area contributed by atoms with Crippen molar-refractivity contribution >= 4 is 23.4 Å². The van der Waals surface area contributed by atoms with Gasteiger partial charge in [0.25, 0.3) is 0 Å². The third kappa shape index (κ3) is 4.13. The van der Waals surface area contributed by atoms with Crippen LogP contribution in [0.15, 0.2) is 41.8 Å². The average Bonchev–Trinajstić information content (AvgIpc) is 2.90. The molecular weight excluding hydrogens is 258 g/mol. The van der Waals surface area contributed by atoms with Gasteiger partial charge in [0.2, 0.25) is 5.91 Å². The van der Waals surface area contributed by atoms with Crippen LogP contribution in [0.2, 0.25) is 0 Å². The third-order valence-corrected chi connectivity index (χ3v) is 3.58. The number of thioether (sulfide) groups is 1. The number of rotatable bonds is 5. The smallest absolute Gasteiger partial charge is 0.234 e. The van der Waals surface area contributed by atoms with E-state index in [9.17, 15) is 4.79 Å². The number of nitrogens with one attached hydrogen (secondary N) is 2. The molecule has 0 saturated heterocycles. The zero-order valence-electron chi connectivity index (χ0n) is 11.0. The number of amides is 1. The third-order valence-electron chi connectivity index (χ3n) is 2.67. The summed E-state index contributed by atoms with van der Waals surface area (Å²) in [4.78, 5) is 18.8. The Morgan fingerprint density at radius 3 is 2.68 bits per heavy atom. The number of aromatic nitrogens is 2. The van der Waals surface area contributed by atoms with E-state index in [2.05, 4.69) is 29.1 Å². The van der Waals surface area contributed by atoms with Gasteiger partial charge in [-0.2, -0.15) is 0 Å². The summed E-state index contributed by atoms with van der Waals surface area (Å²) in [6, 6.07) is 7.95. The second-order valence-corrected chi connectivity index (χ2v) is 5.47. The van der Waals surface area contributed by atoms with Gasteiger partial charge in [-0.25, -0.2) is 4.98 Å². The Labute approximate surface area is 117 Å². The molecule has 0 aliphatic rings. The molecule has 0 fully saturated rings. The predicted molar refractivity (Wildman–Crippen MR) is 78.5 cm³/mol. The lowest BCUT2D eigenvalue weighted by Crippen LogP contribution is -2.14. The zero-order valence-corrected chi connectivity index (χ0v) is 11.8. The van der Waals surface area contributed by atoms with Crippen molar-refractivity contribution in [1.82, 2.24) is 9.97 Å². The van der Waals surface area contributed by atoms with Gasteiger partial charge in [0, 0.05) is 18.1 Å². The minimum Gasteiger partial charge on any atom is -0.340 e. The highest BCUT2D eigenvalue weighted by atomic mass is 32.2. The van der Waals surface area contributed by atoms with Crippen molar-refractivity contribution in [1.29, 1.82) is 0 Å². The topological polar surface area (TPSA) is 57.8 Å². The summed E-state index contributed by atoms with van der Waals surface area (Å²) >= 11 is 1.38. The van der Waals surface area contributed by atoms with Gasteiger partial charge in [0.05, 0.1) is 5.75 Å². The van der Waals surface area contributed by atoms with Gasteiger partial charge in [0.15, 0.2) is 5.16 Å². The molecule has 2 N–H and O–H groups in total.